The lowest BCUT2D eigenvalue weighted by molar-refractivity contribution is -0.128. The summed E-state index contributed by atoms with van der Waals surface area (Å²) in [7, 11) is -3.15. The molecule has 0 saturated carbocycles. The van der Waals surface area contributed by atoms with Crippen LogP contribution in [0, 0.1) is 11.8 Å². The highest BCUT2D eigenvalue weighted by molar-refractivity contribution is 7.88. The monoisotopic (exact) mass is 319 g/mol. The summed E-state index contributed by atoms with van der Waals surface area (Å²) in [6.07, 6.45) is 3.18. The summed E-state index contributed by atoms with van der Waals surface area (Å²) in [5, 5.41) is 3.07. The van der Waals surface area contributed by atoms with Gasteiger partial charge in [-0.25, -0.2) is 12.7 Å². The van der Waals surface area contributed by atoms with E-state index in [4.69, 9.17) is 5.73 Å². The van der Waals surface area contributed by atoms with Gasteiger partial charge in [0.15, 0.2) is 0 Å². The minimum atomic E-state index is -3.15. The molecule has 1 saturated heterocycles. The highest BCUT2D eigenvalue weighted by Crippen LogP contribution is 2.22. The standard InChI is InChI=1S/C14H29N3O3S/c1-11(2)9-14(3,10-15)16-13(18)12-5-7-17(8-6-12)21(4,19)20/h11-12H,5-10,15H2,1-4H3,(H,16,18). The van der Waals surface area contributed by atoms with Gasteiger partial charge in [0.25, 0.3) is 0 Å². The Bertz CT molecular complexity index is 456. The molecule has 124 valence electrons. The van der Waals surface area contributed by atoms with Crippen molar-refractivity contribution >= 4 is 15.9 Å². The molecular formula is C14H29N3O3S. The van der Waals surface area contributed by atoms with Crippen LogP contribution in [-0.2, 0) is 14.8 Å². The predicted molar refractivity (Wildman–Crippen MR) is 84.2 cm³/mol. The second kappa shape index (κ2) is 7.07. The van der Waals surface area contributed by atoms with E-state index in [1.54, 1.807) is 0 Å². The SMILES string of the molecule is CC(C)CC(C)(CN)NC(=O)C1CCN(S(C)(=O)=O)CC1. The fourth-order valence-electron chi connectivity index (χ4n) is 2.94. The minimum Gasteiger partial charge on any atom is -0.349 e. The van der Waals surface area contributed by atoms with Gasteiger partial charge >= 0.3 is 0 Å². The van der Waals surface area contributed by atoms with E-state index in [-0.39, 0.29) is 17.4 Å². The lowest BCUT2D eigenvalue weighted by Gasteiger charge is -2.35. The van der Waals surface area contributed by atoms with Crippen LogP contribution in [0.25, 0.3) is 0 Å². The predicted octanol–water partition coefficient (Wildman–Crippen LogP) is 0.538. The second-order valence-electron chi connectivity index (χ2n) is 6.79. The number of hydrogen-bond donors (Lipinski definition) is 2. The molecule has 0 aromatic carbocycles. The Balaban J connectivity index is 2.58. The third kappa shape index (κ3) is 5.56. The second-order valence-corrected chi connectivity index (χ2v) is 8.77. The van der Waals surface area contributed by atoms with Gasteiger partial charge in [0.05, 0.1) is 6.26 Å². The van der Waals surface area contributed by atoms with Crippen LogP contribution in [0.15, 0.2) is 0 Å². The molecule has 1 rings (SSSR count). The highest BCUT2D eigenvalue weighted by Gasteiger charge is 2.33. The minimum absolute atomic E-state index is 0.00301. The zero-order valence-corrected chi connectivity index (χ0v) is 14.4. The summed E-state index contributed by atoms with van der Waals surface area (Å²) in [5.41, 5.74) is 5.42. The zero-order valence-electron chi connectivity index (χ0n) is 13.6. The van der Waals surface area contributed by atoms with Crippen molar-refractivity contribution in [3.05, 3.63) is 0 Å². The zero-order chi connectivity index (χ0) is 16.3. The molecule has 1 fully saturated rings. The number of hydrogen-bond acceptors (Lipinski definition) is 4. The van der Waals surface area contributed by atoms with E-state index in [0.29, 0.717) is 38.4 Å². The van der Waals surface area contributed by atoms with E-state index in [1.807, 2.05) is 6.92 Å². The fourth-order valence-corrected chi connectivity index (χ4v) is 3.81. The number of nitrogens with zero attached hydrogens (tertiary/aromatic N) is 1. The Morgan fingerprint density at radius 1 is 1.38 bits per heavy atom. The molecule has 0 aromatic heterocycles. The third-order valence-corrected chi connectivity index (χ3v) is 5.33. The maximum atomic E-state index is 12.4. The van der Waals surface area contributed by atoms with E-state index in [9.17, 15) is 13.2 Å². The van der Waals surface area contributed by atoms with E-state index >= 15 is 0 Å². The van der Waals surface area contributed by atoms with Crippen molar-refractivity contribution in [1.82, 2.24) is 9.62 Å². The number of piperidine rings is 1. The molecule has 1 heterocycles. The molecule has 7 heteroatoms. The van der Waals surface area contributed by atoms with Gasteiger partial charge in [-0.2, -0.15) is 0 Å². The van der Waals surface area contributed by atoms with Crippen molar-refractivity contribution in [2.45, 2.75) is 45.6 Å². The van der Waals surface area contributed by atoms with Gasteiger partial charge in [-0.05, 0) is 32.1 Å². The molecule has 6 nitrogen and oxygen atoms in total. The largest absolute Gasteiger partial charge is 0.349 e. The summed E-state index contributed by atoms with van der Waals surface area (Å²) in [6.45, 7) is 7.41. The first-order valence-electron chi connectivity index (χ1n) is 7.54. The normalized spacial score (nSPS) is 21.2. The quantitative estimate of drug-likeness (QED) is 0.747. The number of rotatable bonds is 6. The molecule has 1 amide bonds. The Morgan fingerprint density at radius 2 is 1.90 bits per heavy atom. The summed E-state index contributed by atoms with van der Waals surface area (Å²) in [5.74, 6) is 0.323. The Kier molecular flexibility index (Phi) is 6.19. The van der Waals surface area contributed by atoms with Crippen molar-refractivity contribution in [1.29, 1.82) is 0 Å². The highest BCUT2D eigenvalue weighted by atomic mass is 32.2. The molecule has 0 spiro atoms. The fraction of sp³-hybridized carbons (Fsp3) is 0.929. The van der Waals surface area contributed by atoms with Crippen molar-refractivity contribution < 1.29 is 13.2 Å². The summed E-state index contributed by atoms with van der Waals surface area (Å²) in [4.78, 5) is 12.4. The smallest absolute Gasteiger partial charge is 0.223 e. The van der Waals surface area contributed by atoms with Crippen molar-refractivity contribution in [3.63, 3.8) is 0 Å². The number of nitrogens with one attached hydrogen (secondary N) is 1. The average molecular weight is 319 g/mol. The third-order valence-electron chi connectivity index (χ3n) is 4.03. The maximum Gasteiger partial charge on any atom is 0.223 e. The summed E-state index contributed by atoms with van der Waals surface area (Å²) >= 11 is 0. The van der Waals surface area contributed by atoms with E-state index in [1.165, 1.54) is 10.6 Å². The van der Waals surface area contributed by atoms with Gasteiger partial charge in [-0.3, -0.25) is 4.79 Å². The number of sulfonamides is 1. The number of nitrogens with two attached hydrogens (primary N) is 1. The Labute approximate surface area is 128 Å². The summed E-state index contributed by atoms with van der Waals surface area (Å²) < 4.78 is 24.4. The van der Waals surface area contributed by atoms with Gasteiger partial charge in [0, 0.05) is 31.1 Å². The van der Waals surface area contributed by atoms with E-state index in [2.05, 4.69) is 19.2 Å². The molecule has 1 atom stereocenters. The first-order valence-corrected chi connectivity index (χ1v) is 9.39. The molecule has 3 N–H and O–H groups in total. The van der Waals surface area contributed by atoms with Crippen LogP contribution in [-0.4, -0.2) is 50.1 Å². The molecule has 1 aliphatic heterocycles. The van der Waals surface area contributed by atoms with Crippen LogP contribution in [0.3, 0.4) is 0 Å². The van der Waals surface area contributed by atoms with Crippen LogP contribution < -0.4 is 11.1 Å². The van der Waals surface area contributed by atoms with Gasteiger partial charge in [0.1, 0.15) is 0 Å². The maximum absolute atomic E-state index is 12.4. The van der Waals surface area contributed by atoms with Crippen LogP contribution in [0.5, 0.6) is 0 Å². The molecule has 0 aromatic rings. The number of carbonyl (C=O) groups is 1. The Hall–Kier alpha value is -0.660. The number of carbonyl (C=O) groups excluding carboxylic acids is 1. The molecule has 0 bridgehead atoms. The lowest BCUT2D eigenvalue weighted by atomic mass is 9.89. The first-order chi connectivity index (χ1) is 9.57. The van der Waals surface area contributed by atoms with E-state index in [0.717, 1.165) is 6.42 Å². The molecule has 1 aliphatic rings. The summed E-state index contributed by atoms with van der Waals surface area (Å²) in [6, 6.07) is 0. The van der Waals surface area contributed by atoms with Gasteiger partial charge in [-0.1, -0.05) is 13.8 Å². The average Bonchev–Trinajstić information content (AvgIpc) is 2.36. The van der Waals surface area contributed by atoms with E-state index < -0.39 is 10.0 Å². The molecule has 0 aliphatic carbocycles. The van der Waals surface area contributed by atoms with Crippen LogP contribution >= 0.6 is 0 Å². The van der Waals surface area contributed by atoms with Crippen molar-refractivity contribution in [2.75, 3.05) is 25.9 Å². The van der Waals surface area contributed by atoms with Crippen LogP contribution in [0.2, 0.25) is 0 Å². The van der Waals surface area contributed by atoms with Crippen molar-refractivity contribution in [3.8, 4) is 0 Å². The van der Waals surface area contributed by atoms with Crippen LogP contribution in [0.1, 0.15) is 40.0 Å². The van der Waals surface area contributed by atoms with Gasteiger partial charge in [-0.15, -0.1) is 0 Å². The van der Waals surface area contributed by atoms with Gasteiger partial charge < -0.3 is 11.1 Å². The lowest BCUT2D eigenvalue weighted by Crippen LogP contribution is -2.54. The van der Waals surface area contributed by atoms with Crippen LogP contribution in [0.4, 0.5) is 0 Å². The molecule has 1 unspecified atom stereocenters. The topological polar surface area (TPSA) is 92.5 Å². The number of amides is 1. The molecular weight excluding hydrogens is 290 g/mol. The Morgan fingerprint density at radius 3 is 2.29 bits per heavy atom. The van der Waals surface area contributed by atoms with Gasteiger partial charge in [0.2, 0.25) is 15.9 Å². The van der Waals surface area contributed by atoms with Crippen molar-refractivity contribution in [2.24, 2.45) is 17.6 Å². The molecule has 0 radical (unpaired) electrons. The first kappa shape index (κ1) is 18.4. The molecule has 21 heavy (non-hydrogen) atoms.